The van der Waals surface area contributed by atoms with E-state index in [9.17, 15) is 4.79 Å². The number of nitrogens with zero attached hydrogens (tertiary/aromatic N) is 1. The largest absolute Gasteiger partial charge is 0.397 e. The molecule has 0 aromatic carbocycles. The molecule has 2 atom stereocenters. The number of anilines is 1. The van der Waals surface area contributed by atoms with Crippen molar-refractivity contribution >= 4 is 11.6 Å². The summed E-state index contributed by atoms with van der Waals surface area (Å²) in [7, 11) is 0. The van der Waals surface area contributed by atoms with Crippen LogP contribution in [-0.2, 0) is 6.54 Å². The molecule has 0 saturated heterocycles. The van der Waals surface area contributed by atoms with Gasteiger partial charge in [0.15, 0.2) is 0 Å². The minimum atomic E-state index is 0.00776. The average molecular weight is 277 g/mol. The molecule has 1 aromatic rings. The number of nitrogens with one attached hydrogen (secondary N) is 1. The van der Waals surface area contributed by atoms with E-state index in [4.69, 9.17) is 5.73 Å². The quantitative estimate of drug-likeness (QED) is 0.869. The lowest BCUT2D eigenvalue weighted by atomic mass is 9.82. The summed E-state index contributed by atoms with van der Waals surface area (Å²) in [6.07, 6.45) is 7.94. The summed E-state index contributed by atoms with van der Waals surface area (Å²) in [4.78, 5) is 12.3. The fourth-order valence-corrected chi connectivity index (χ4v) is 3.22. The predicted octanol–water partition coefficient (Wildman–Crippen LogP) is 3.04. The molecule has 20 heavy (non-hydrogen) atoms. The van der Waals surface area contributed by atoms with Crippen LogP contribution in [-0.4, -0.2) is 17.0 Å². The van der Waals surface area contributed by atoms with E-state index in [0.29, 0.717) is 17.3 Å². The molecule has 0 spiro atoms. The SMILES string of the molecule is CCCn1cc(N)cc1C(=O)NCC1CCCC(C)C1. The van der Waals surface area contributed by atoms with Crippen molar-refractivity contribution in [3.63, 3.8) is 0 Å². The van der Waals surface area contributed by atoms with Crippen molar-refractivity contribution in [2.45, 2.75) is 52.5 Å². The number of hydrogen-bond donors (Lipinski definition) is 2. The standard InChI is InChI=1S/C16H27N3O/c1-3-7-19-11-14(17)9-15(19)16(20)18-10-13-6-4-5-12(2)8-13/h9,11-13H,3-8,10,17H2,1-2H3,(H,18,20). The van der Waals surface area contributed by atoms with Crippen molar-refractivity contribution in [1.29, 1.82) is 0 Å². The third-order valence-corrected chi connectivity index (χ3v) is 4.21. The van der Waals surface area contributed by atoms with Gasteiger partial charge >= 0.3 is 0 Å². The fraction of sp³-hybridized carbons (Fsp3) is 0.688. The van der Waals surface area contributed by atoms with Crippen LogP contribution in [0.3, 0.4) is 0 Å². The van der Waals surface area contributed by atoms with E-state index in [1.165, 1.54) is 25.7 Å². The van der Waals surface area contributed by atoms with Crippen molar-refractivity contribution in [1.82, 2.24) is 9.88 Å². The van der Waals surface area contributed by atoms with Gasteiger partial charge in [0.05, 0.1) is 5.69 Å². The molecular weight excluding hydrogens is 250 g/mol. The van der Waals surface area contributed by atoms with Gasteiger partial charge in [-0.3, -0.25) is 4.79 Å². The maximum Gasteiger partial charge on any atom is 0.267 e. The minimum Gasteiger partial charge on any atom is -0.397 e. The summed E-state index contributed by atoms with van der Waals surface area (Å²) in [6, 6.07) is 1.77. The lowest BCUT2D eigenvalue weighted by Gasteiger charge is -2.26. The van der Waals surface area contributed by atoms with E-state index in [1.54, 1.807) is 6.07 Å². The first-order chi connectivity index (χ1) is 9.60. The Balaban J connectivity index is 1.91. The number of aromatic nitrogens is 1. The van der Waals surface area contributed by atoms with Gasteiger partial charge in [-0.1, -0.05) is 26.7 Å². The third kappa shape index (κ3) is 3.78. The summed E-state index contributed by atoms with van der Waals surface area (Å²) in [5, 5.41) is 3.09. The van der Waals surface area contributed by atoms with Crippen molar-refractivity contribution < 1.29 is 4.79 Å². The number of rotatable bonds is 5. The molecule has 2 rings (SSSR count). The highest BCUT2D eigenvalue weighted by Crippen LogP contribution is 2.28. The van der Waals surface area contributed by atoms with Crippen LogP contribution in [0, 0.1) is 11.8 Å². The number of carbonyl (C=O) groups excluding carboxylic acids is 1. The molecule has 1 aromatic heterocycles. The molecule has 1 amide bonds. The fourth-order valence-electron chi connectivity index (χ4n) is 3.22. The van der Waals surface area contributed by atoms with Crippen molar-refractivity contribution in [3.05, 3.63) is 18.0 Å². The zero-order valence-corrected chi connectivity index (χ0v) is 12.7. The Morgan fingerprint density at radius 1 is 1.50 bits per heavy atom. The molecular formula is C16H27N3O. The summed E-state index contributed by atoms with van der Waals surface area (Å²) in [6.45, 7) is 6.03. The number of aryl methyl sites for hydroxylation is 1. The third-order valence-electron chi connectivity index (χ3n) is 4.21. The van der Waals surface area contributed by atoms with Crippen LogP contribution in [0.4, 0.5) is 5.69 Å². The molecule has 1 saturated carbocycles. The molecule has 0 bridgehead atoms. The Kier molecular flexibility index (Phi) is 5.10. The highest BCUT2D eigenvalue weighted by molar-refractivity contribution is 5.93. The second-order valence-corrected chi connectivity index (χ2v) is 6.20. The first-order valence-electron chi connectivity index (χ1n) is 7.84. The van der Waals surface area contributed by atoms with Gasteiger partial charge in [-0.05, 0) is 37.2 Å². The molecule has 1 fully saturated rings. The van der Waals surface area contributed by atoms with Crippen LogP contribution in [0.15, 0.2) is 12.3 Å². The number of nitrogens with two attached hydrogens (primary N) is 1. The van der Waals surface area contributed by atoms with E-state index >= 15 is 0 Å². The number of amides is 1. The Morgan fingerprint density at radius 2 is 2.30 bits per heavy atom. The molecule has 4 heteroatoms. The second-order valence-electron chi connectivity index (χ2n) is 6.20. The van der Waals surface area contributed by atoms with Crippen LogP contribution < -0.4 is 11.1 Å². The molecule has 4 nitrogen and oxygen atoms in total. The Labute approximate surface area is 121 Å². The van der Waals surface area contributed by atoms with E-state index < -0.39 is 0 Å². The lowest BCUT2D eigenvalue weighted by molar-refractivity contribution is 0.0931. The van der Waals surface area contributed by atoms with E-state index in [0.717, 1.165) is 25.4 Å². The monoisotopic (exact) mass is 277 g/mol. The minimum absolute atomic E-state index is 0.00776. The Hall–Kier alpha value is -1.45. The normalized spacial score (nSPS) is 22.7. The summed E-state index contributed by atoms with van der Waals surface area (Å²) < 4.78 is 1.95. The Morgan fingerprint density at radius 3 is 3.00 bits per heavy atom. The van der Waals surface area contributed by atoms with Crippen molar-refractivity contribution in [2.24, 2.45) is 11.8 Å². The molecule has 0 radical (unpaired) electrons. The molecule has 0 aliphatic heterocycles. The van der Waals surface area contributed by atoms with Gasteiger partial charge in [0.25, 0.3) is 5.91 Å². The first kappa shape index (κ1) is 14.9. The van der Waals surface area contributed by atoms with Gasteiger partial charge in [-0.25, -0.2) is 0 Å². The zero-order valence-electron chi connectivity index (χ0n) is 12.7. The van der Waals surface area contributed by atoms with Gasteiger partial charge in [0.2, 0.25) is 0 Å². The van der Waals surface area contributed by atoms with Gasteiger partial charge in [0.1, 0.15) is 5.69 Å². The maximum atomic E-state index is 12.3. The Bertz CT molecular complexity index is 453. The first-order valence-corrected chi connectivity index (χ1v) is 7.84. The number of carbonyl (C=O) groups is 1. The predicted molar refractivity (Wildman–Crippen MR) is 82.6 cm³/mol. The summed E-state index contributed by atoms with van der Waals surface area (Å²) in [5.74, 6) is 1.44. The van der Waals surface area contributed by atoms with Crippen molar-refractivity contribution in [2.75, 3.05) is 12.3 Å². The smallest absolute Gasteiger partial charge is 0.267 e. The molecule has 3 N–H and O–H groups in total. The number of nitrogen functional groups attached to an aromatic ring is 1. The van der Waals surface area contributed by atoms with Crippen LogP contribution in [0.1, 0.15) is 56.4 Å². The van der Waals surface area contributed by atoms with E-state index in [2.05, 4.69) is 19.2 Å². The molecule has 112 valence electrons. The molecule has 1 aliphatic rings. The molecule has 1 heterocycles. The van der Waals surface area contributed by atoms with Crippen LogP contribution in [0.25, 0.3) is 0 Å². The van der Waals surface area contributed by atoms with Crippen LogP contribution in [0.2, 0.25) is 0 Å². The van der Waals surface area contributed by atoms with E-state index in [-0.39, 0.29) is 5.91 Å². The topological polar surface area (TPSA) is 60.0 Å². The highest BCUT2D eigenvalue weighted by atomic mass is 16.1. The zero-order chi connectivity index (χ0) is 14.5. The van der Waals surface area contributed by atoms with Gasteiger partial charge in [0, 0.05) is 19.3 Å². The van der Waals surface area contributed by atoms with E-state index in [1.807, 2.05) is 10.8 Å². The second kappa shape index (κ2) is 6.82. The number of hydrogen-bond acceptors (Lipinski definition) is 2. The van der Waals surface area contributed by atoms with Crippen molar-refractivity contribution in [3.8, 4) is 0 Å². The highest BCUT2D eigenvalue weighted by Gasteiger charge is 2.20. The molecule has 2 unspecified atom stereocenters. The van der Waals surface area contributed by atoms with Crippen LogP contribution >= 0.6 is 0 Å². The van der Waals surface area contributed by atoms with Gasteiger partial charge < -0.3 is 15.6 Å². The molecule has 1 aliphatic carbocycles. The average Bonchev–Trinajstić information content (AvgIpc) is 2.78. The summed E-state index contributed by atoms with van der Waals surface area (Å²) >= 11 is 0. The van der Waals surface area contributed by atoms with Crippen LogP contribution in [0.5, 0.6) is 0 Å². The maximum absolute atomic E-state index is 12.3. The summed E-state index contributed by atoms with van der Waals surface area (Å²) in [5.41, 5.74) is 7.15. The van der Waals surface area contributed by atoms with Gasteiger partial charge in [-0.2, -0.15) is 0 Å². The lowest BCUT2D eigenvalue weighted by Crippen LogP contribution is -2.32. The van der Waals surface area contributed by atoms with Gasteiger partial charge in [-0.15, -0.1) is 0 Å².